The monoisotopic (exact) mass is 280 g/mol. The fourth-order valence-electron chi connectivity index (χ4n) is 2.66. The fraction of sp³-hybridized carbons (Fsp3) is 0.462. The molecule has 19 heavy (non-hydrogen) atoms. The molecule has 0 aromatic carbocycles. The van der Waals surface area contributed by atoms with Crippen molar-refractivity contribution in [3.63, 3.8) is 0 Å². The second-order valence-electron chi connectivity index (χ2n) is 4.93. The molecule has 0 radical (unpaired) electrons. The molecule has 0 saturated carbocycles. The maximum absolute atomic E-state index is 11.7. The van der Waals surface area contributed by atoms with Gasteiger partial charge >= 0.3 is 0 Å². The number of nitrogens with zero attached hydrogens (tertiary/aromatic N) is 2. The van der Waals surface area contributed by atoms with Gasteiger partial charge in [0.25, 0.3) is 0 Å². The Kier molecular flexibility index (Phi) is 2.97. The van der Waals surface area contributed by atoms with E-state index in [2.05, 4.69) is 4.98 Å². The van der Waals surface area contributed by atoms with Crippen LogP contribution >= 0.6 is 0 Å². The largest absolute Gasteiger partial charge is 0.497 e. The summed E-state index contributed by atoms with van der Waals surface area (Å²) in [6.45, 7) is 0. The topological polar surface area (TPSA) is 60.7 Å². The van der Waals surface area contributed by atoms with E-state index >= 15 is 0 Å². The van der Waals surface area contributed by atoms with E-state index in [1.54, 1.807) is 13.3 Å². The van der Waals surface area contributed by atoms with Crippen LogP contribution in [-0.4, -0.2) is 36.4 Å². The van der Waals surface area contributed by atoms with Crippen molar-refractivity contribution in [3.05, 3.63) is 30.4 Å². The van der Waals surface area contributed by atoms with E-state index in [-0.39, 0.29) is 11.7 Å². The van der Waals surface area contributed by atoms with Gasteiger partial charge < -0.3 is 9.14 Å². The Morgan fingerprint density at radius 3 is 3.05 bits per heavy atom. The smallest absolute Gasteiger partial charge is 0.151 e. The molecule has 1 saturated heterocycles. The van der Waals surface area contributed by atoms with E-state index in [9.17, 15) is 8.42 Å². The standard InChI is InChI=1S/C13H16N2O3S/c1-18-12-4-5-15-11(7-12)8-14-13(15)10-3-2-6-19(16,17)9-10/h4-5,7-8,10H,2-3,6,9H2,1H3. The molecule has 3 heterocycles. The number of methoxy groups -OCH3 is 1. The van der Waals surface area contributed by atoms with Crippen molar-refractivity contribution in [2.75, 3.05) is 18.6 Å². The maximum Gasteiger partial charge on any atom is 0.151 e. The van der Waals surface area contributed by atoms with Crippen molar-refractivity contribution in [2.24, 2.45) is 0 Å². The Morgan fingerprint density at radius 2 is 2.32 bits per heavy atom. The van der Waals surface area contributed by atoms with Gasteiger partial charge in [0.05, 0.1) is 30.3 Å². The number of pyridine rings is 1. The van der Waals surface area contributed by atoms with Crippen LogP contribution in [0.25, 0.3) is 5.52 Å². The van der Waals surface area contributed by atoms with Gasteiger partial charge in [-0.15, -0.1) is 0 Å². The summed E-state index contributed by atoms with van der Waals surface area (Å²) in [6, 6.07) is 3.75. The van der Waals surface area contributed by atoms with Crippen molar-refractivity contribution in [3.8, 4) is 5.75 Å². The molecule has 3 rings (SSSR count). The van der Waals surface area contributed by atoms with Crippen LogP contribution in [0.3, 0.4) is 0 Å². The molecule has 0 amide bonds. The average molecular weight is 280 g/mol. The first kappa shape index (κ1) is 12.5. The molecule has 1 unspecified atom stereocenters. The number of fused-ring (bicyclic) bond motifs is 1. The molecule has 0 bridgehead atoms. The maximum atomic E-state index is 11.7. The van der Waals surface area contributed by atoms with Crippen molar-refractivity contribution in [1.82, 2.24) is 9.38 Å². The van der Waals surface area contributed by atoms with Gasteiger partial charge in [0.1, 0.15) is 11.6 Å². The molecule has 1 aliphatic heterocycles. The first-order valence-corrected chi connectivity index (χ1v) is 8.12. The predicted molar refractivity (Wildman–Crippen MR) is 72.4 cm³/mol. The van der Waals surface area contributed by atoms with Crippen LogP contribution in [0.2, 0.25) is 0 Å². The number of imidazole rings is 1. The molecule has 102 valence electrons. The number of aromatic nitrogens is 2. The van der Waals surface area contributed by atoms with Crippen LogP contribution in [-0.2, 0) is 9.84 Å². The fourth-order valence-corrected chi connectivity index (χ4v) is 4.36. The van der Waals surface area contributed by atoms with Crippen LogP contribution in [0.4, 0.5) is 0 Å². The molecule has 2 aromatic heterocycles. The van der Waals surface area contributed by atoms with E-state index in [0.29, 0.717) is 5.75 Å². The molecular weight excluding hydrogens is 264 g/mol. The summed E-state index contributed by atoms with van der Waals surface area (Å²) < 4.78 is 30.6. The van der Waals surface area contributed by atoms with Gasteiger partial charge in [-0.05, 0) is 18.9 Å². The number of sulfone groups is 1. The molecule has 5 nitrogen and oxygen atoms in total. The minimum atomic E-state index is -2.92. The van der Waals surface area contributed by atoms with Crippen molar-refractivity contribution in [2.45, 2.75) is 18.8 Å². The quantitative estimate of drug-likeness (QED) is 0.839. The van der Waals surface area contributed by atoms with E-state index in [1.165, 1.54) is 0 Å². The zero-order valence-electron chi connectivity index (χ0n) is 10.7. The highest BCUT2D eigenvalue weighted by atomic mass is 32.2. The third-order valence-electron chi connectivity index (χ3n) is 3.60. The SMILES string of the molecule is COc1ccn2c(C3CCCS(=O)(=O)C3)ncc2c1. The minimum Gasteiger partial charge on any atom is -0.497 e. The minimum absolute atomic E-state index is 0.00496. The lowest BCUT2D eigenvalue weighted by atomic mass is 10.1. The summed E-state index contributed by atoms with van der Waals surface area (Å²) in [6.07, 6.45) is 5.25. The molecular formula is C13H16N2O3S. The zero-order chi connectivity index (χ0) is 13.5. The highest BCUT2D eigenvalue weighted by Gasteiger charge is 2.28. The summed E-state index contributed by atoms with van der Waals surface area (Å²) in [5, 5.41) is 0. The molecule has 2 aromatic rings. The summed E-state index contributed by atoms with van der Waals surface area (Å²) >= 11 is 0. The average Bonchev–Trinajstić information content (AvgIpc) is 2.80. The second kappa shape index (κ2) is 4.52. The van der Waals surface area contributed by atoms with Crippen molar-refractivity contribution >= 4 is 15.4 Å². The Labute approximate surface area is 112 Å². The van der Waals surface area contributed by atoms with E-state index in [1.807, 2.05) is 22.7 Å². The lowest BCUT2D eigenvalue weighted by Crippen LogP contribution is -2.25. The van der Waals surface area contributed by atoms with Crippen LogP contribution in [0.15, 0.2) is 24.5 Å². The van der Waals surface area contributed by atoms with E-state index in [0.717, 1.165) is 29.9 Å². The number of rotatable bonds is 2. The highest BCUT2D eigenvalue weighted by Crippen LogP contribution is 2.28. The van der Waals surface area contributed by atoms with E-state index in [4.69, 9.17) is 4.74 Å². The molecule has 1 atom stereocenters. The number of hydrogen-bond donors (Lipinski definition) is 0. The molecule has 0 aliphatic carbocycles. The molecule has 0 N–H and O–H groups in total. The van der Waals surface area contributed by atoms with Gasteiger partial charge in [-0.2, -0.15) is 0 Å². The Bertz CT molecular complexity index is 706. The van der Waals surface area contributed by atoms with Crippen molar-refractivity contribution in [1.29, 1.82) is 0 Å². The zero-order valence-corrected chi connectivity index (χ0v) is 11.6. The highest BCUT2D eigenvalue weighted by molar-refractivity contribution is 7.91. The summed E-state index contributed by atoms with van der Waals surface area (Å²) in [4.78, 5) is 4.40. The second-order valence-corrected chi connectivity index (χ2v) is 7.16. The van der Waals surface area contributed by atoms with E-state index < -0.39 is 9.84 Å². The molecule has 0 spiro atoms. The summed E-state index contributed by atoms with van der Waals surface area (Å²) in [5.41, 5.74) is 0.928. The summed E-state index contributed by atoms with van der Waals surface area (Å²) in [5.74, 6) is 2.12. The molecule has 6 heteroatoms. The molecule has 1 fully saturated rings. The lowest BCUT2D eigenvalue weighted by molar-refractivity contribution is 0.414. The Morgan fingerprint density at radius 1 is 1.47 bits per heavy atom. The van der Waals surface area contributed by atoms with Gasteiger partial charge in [0.2, 0.25) is 0 Å². The van der Waals surface area contributed by atoms with Gasteiger partial charge in [-0.1, -0.05) is 0 Å². The Hall–Kier alpha value is -1.56. The lowest BCUT2D eigenvalue weighted by Gasteiger charge is -2.20. The third-order valence-corrected chi connectivity index (χ3v) is 5.42. The van der Waals surface area contributed by atoms with Crippen molar-refractivity contribution < 1.29 is 13.2 Å². The summed E-state index contributed by atoms with van der Waals surface area (Å²) in [7, 11) is -1.30. The predicted octanol–water partition coefficient (Wildman–Crippen LogP) is 1.64. The van der Waals surface area contributed by atoms with Crippen LogP contribution in [0, 0.1) is 0 Å². The van der Waals surface area contributed by atoms with Gasteiger partial charge in [-0.25, -0.2) is 13.4 Å². The van der Waals surface area contributed by atoms with Crippen LogP contribution < -0.4 is 4.74 Å². The third kappa shape index (κ3) is 2.32. The van der Waals surface area contributed by atoms with Gasteiger partial charge in [0, 0.05) is 18.2 Å². The first-order chi connectivity index (χ1) is 9.09. The number of hydrogen-bond acceptors (Lipinski definition) is 4. The van der Waals surface area contributed by atoms with Gasteiger partial charge in [-0.3, -0.25) is 0 Å². The van der Waals surface area contributed by atoms with Gasteiger partial charge in [0.15, 0.2) is 9.84 Å². The Balaban J connectivity index is 2.01. The number of ether oxygens (including phenoxy) is 1. The first-order valence-electron chi connectivity index (χ1n) is 6.30. The molecule has 1 aliphatic rings. The normalized spacial score (nSPS) is 22.5. The van der Waals surface area contributed by atoms with Crippen LogP contribution in [0.1, 0.15) is 24.6 Å². The van der Waals surface area contributed by atoms with Crippen LogP contribution in [0.5, 0.6) is 5.75 Å².